The van der Waals surface area contributed by atoms with Crippen LogP contribution in [0.2, 0.25) is 5.02 Å². The van der Waals surface area contributed by atoms with Crippen molar-refractivity contribution in [2.75, 3.05) is 11.1 Å². The standard InChI is InChI=1S/C15H11ClF3N3OS/c16-10-6-9(2-4-12(10)23-15(17,18)19)21-7-14-22-11-3-1-8(20)5-13(11)24-14/h1-6,21H,7,20H2. The van der Waals surface area contributed by atoms with Crippen molar-refractivity contribution in [2.24, 2.45) is 0 Å². The predicted molar refractivity (Wildman–Crippen MR) is 89.5 cm³/mol. The van der Waals surface area contributed by atoms with Gasteiger partial charge in [0.1, 0.15) is 10.8 Å². The van der Waals surface area contributed by atoms with E-state index in [4.69, 9.17) is 17.3 Å². The number of aromatic nitrogens is 1. The van der Waals surface area contributed by atoms with Gasteiger partial charge in [-0.15, -0.1) is 24.5 Å². The molecule has 0 fully saturated rings. The van der Waals surface area contributed by atoms with E-state index >= 15 is 0 Å². The van der Waals surface area contributed by atoms with E-state index in [2.05, 4.69) is 15.0 Å². The number of hydrogen-bond acceptors (Lipinski definition) is 5. The molecule has 3 aromatic rings. The summed E-state index contributed by atoms with van der Waals surface area (Å²) >= 11 is 7.29. The van der Waals surface area contributed by atoms with E-state index in [-0.39, 0.29) is 5.02 Å². The van der Waals surface area contributed by atoms with Crippen molar-refractivity contribution in [1.29, 1.82) is 0 Å². The maximum absolute atomic E-state index is 12.2. The minimum absolute atomic E-state index is 0.130. The highest BCUT2D eigenvalue weighted by Crippen LogP contribution is 2.32. The molecule has 0 aliphatic heterocycles. The van der Waals surface area contributed by atoms with Gasteiger partial charge in [-0.2, -0.15) is 0 Å². The molecule has 126 valence electrons. The van der Waals surface area contributed by atoms with Gasteiger partial charge >= 0.3 is 6.36 Å². The minimum atomic E-state index is -4.78. The molecule has 1 aromatic heterocycles. The number of nitrogens with zero attached hydrogens (tertiary/aromatic N) is 1. The lowest BCUT2D eigenvalue weighted by molar-refractivity contribution is -0.274. The highest BCUT2D eigenvalue weighted by atomic mass is 35.5. The Morgan fingerprint density at radius 2 is 2.00 bits per heavy atom. The molecule has 24 heavy (non-hydrogen) atoms. The first kappa shape index (κ1) is 16.7. The molecule has 0 unspecified atom stereocenters. The summed E-state index contributed by atoms with van der Waals surface area (Å²) in [5.74, 6) is -0.440. The number of benzene rings is 2. The number of ether oxygens (including phenoxy) is 1. The second-order valence-electron chi connectivity index (χ2n) is 4.88. The number of nitrogen functional groups attached to an aromatic ring is 1. The summed E-state index contributed by atoms with van der Waals surface area (Å²) in [6.07, 6.45) is -4.78. The van der Waals surface area contributed by atoms with E-state index in [0.29, 0.717) is 17.9 Å². The van der Waals surface area contributed by atoms with E-state index in [1.807, 2.05) is 12.1 Å². The molecule has 2 aromatic carbocycles. The zero-order valence-electron chi connectivity index (χ0n) is 12.0. The van der Waals surface area contributed by atoms with Gasteiger partial charge in [0.2, 0.25) is 0 Å². The highest BCUT2D eigenvalue weighted by molar-refractivity contribution is 7.18. The fourth-order valence-corrected chi connectivity index (χ4v) is 3.24. The van der Waals surface area contributed by atoms with Crippen LogP contribution in [0.3, 0.4) is 0 Å². The van der Waals surface area contributed by atoms with Crippen LogP contribution < -0.4 is 15.8 Å². The number of anilines is 2. The van der Waals surface area contributed by atoms with Crippen LogP contribution in [0.15, 0.2) is 36.4 Å². The van der Waals surface area contributed by atoms with Gasteiger partial charge < -0.3 is 15.8 Å². The molecule has 0 radical (unpaired) electrons. The van der Waals surface area contributed by atoms with Crippen LogP contribution in [-0.2, 0) is 6.54 Å². The number of fused-ring (bicyclic) bond motifs is 1. The Morgan fingerprint density at radius 3 is 2.71 bits per heavy atom. The third kappa shape index (κ3) is 4.01. The Kier molecular flexibility index (Phi) is 4.42. The van der Waals surface area contributed by atoms with E-state index in [9.17, 15) is 13.2 Å². The molecular weight excluding hydrogens is 363 g/mol. The minimum Gasteiger partial charge on any atom is -0.404 e. The van der Waals surface area contributed by atoms with E-state index < -0.39 is 12.1 Å². The van der Waals surface area contributed by atoms with Crippen LogP contribution in [0.25, 0.3) is 10.2 Å². The average Bonchev–Trinajstić information content (AvgIpc) is 2.88. The first-order chi connectivity index (χ1) is 11.3. The lowest BCUT2D eigenvalue weighted by Gasteiger charge is -2.11. The second kappa shape index (κ2) is 6.37. The summed E-state index contributed by atoms with van der Waals surface area (Å²) in [4.78, 5) is 4.45. The summed E-state index contributed by atoms with van der Waals surface area (Å²) in [5.41, 5.74) is 7.80. The van der Waals surface area contributed by atoms with E-state index in [1.54, 1.807) is 6.07 Å². The Morgan fingerprint density at radius 1 is 1.21 bits per heavy atom. The number of rotatable bonds is 4. The predicted octanol–water partition coefficient (Wildman–Crippen LogP) is 5.04. The quantitative estimate of drug-likeness (QED) is 0.629. The van der Waals surface area contributed by atoms with Gasteiger partial charge in [0, 0.05) is 11.4 Å². The van der Waals surface area contributed by atoms with Gasteiger partial charge in [0.15, 0.2) is 0 Å². The van der Waals surface area contributed by atoms with Crippen LogP contribution in [0, 0.1) is 0 Å². The van der Waals surface area contributed by atoms with Crippen molar-refractivity contribution >= 4 is 44.5 Å². The summed E-state index contributed by atoms with van der Waals surface area (Å²) < 4.78 is 41.4. The Balaban J connectivity index is 1.70. The molecule has 3 rings (SSSR count). The molecule has 3 N–H and O–H groups in total. The molecule has 0 spiro atoms. The van der Waals surface area contributed by atoms with Gasteiger partial charge in [-0.05, 0) is 36.4 Å². The van der Waals surface area contributed by atoms with Crippen LogP contribution in [-0.4, -0.2) is 11.3 Å². The van der Waals surface area contributed by atoms with Crippen molar-refractivity contribution in [1.82, 2.24) is 4.98 Å². The average molecular weight is 374 g/mol. The molecule has 4 nitrogen and oxygen atoms in total. The van der Waals surface area contributed by atoms with Crippen LogP contribution in [0.1, 0.15) is 5.01 Å². The topological polar surface area (TPSA) is 60.2 Å². The van der Waals surface area contributed by atoms with Gasteiger partial charge in [0.25, 0.3) is 0 Å². The second-order valence-corrected chi connectivity index (χ2v) is 6.40. The molecule has 0 atom stereocenters. The van der Waals surface area contributed by atoms with Crippen molar-refractivity contribution in [3.63, 3.8) is 0 Å². The lowest BCUT2D eigenvalue weighted by Crippen LogP contribution is -2.17. The molecule has 0 amide bonds. The summed E-state index contributed by atoms with van der Waals surface area (Å²) in [5, 5.41) is 3.75. The molecule has 1 heterocycles. The zero-order valence-corrected chi connectivity index (χ0v) is 13.6. The third-order valence-corrected chi connectivity index (χ3v) is 4.37. The fraction of sp³-hybridized carbons (Fsp3) is 0.133. The van der Waals surface area contributed by atoms with E-state index in [1.165, 1.54) is 23.5 Å². The fourth-order valence-electron chi connectivity index (χ4n) is 2.06. The monoisotopic (exact) mass is 373 g/mol. The SMILES string of the molecule is Nc1ccc2nc(CNc3ccc(OC(F)(F)F)c(Cl)c3)sc2c1. The molecule has 0 aliphatic rings. The first-order valence-corrected chi connectivity index (χ1v) is 7.94. The molecular formula is C15H11ClF3N3OS. The van der Waals surface area contributed by atoms with E-state index in [0.717, 1.165) is 21.3 Å². The largest absolute Gasteiger partial charge is 0.573 e. The maximum atomic E-state index is 12.2. The van der Waals surface area contributed by atoms with Crippen molar-refractivity contribution in [3.05, 3.63) is 46.4 Å². The van der Waals surface area contributed by atoms with Gasteiger partial charge in [-0.1, -0.05) is 11.6 Å². The molecule has 0 aliphatic carbocycles. The number of thiazole rings is 1. The van der Waals surface area contributed by atoms with Crippen LogP contribution in [0.5, 0.6) is 5.75 Å². The summed E-state index contributed by atoms with van der Waals surface area (Å²) in [6.45, 7) is 0.412. The highest BCUT2D eigenvalue weighted by Gasteiger charge is 2.32. The molecule has 0 saturated heterocycles. The maximum Gasteiger partial charge on any atom is 0.573 e. The van der Waals surface area contributed by atoms with Gasteiger partial charge in [-0.25, -0.2) is 4.98 Å². The number of hydrogen-bond donors (Lipinski definition) is 2. The summed E-state index contributed by atoms with van der Waals surface area (Å²) in [6, 6.07) is 9.45. The summed E-state index contributed by atoms with van der Waals surface area (Å²) in [7, 11) is 0. The number of alkyl halides is 3. The molecule has 0 saturated carbocycles. The van der Waals surface area contributed by atoms with Crippen molar-refractivity contribution in [2.45, 2.75) is 12.9 Å². The van der Waals surface area contributed by atoms with Crippen molar-refractivity contribution in [3.8, 4) is 5.75 Å². The Labute approximate surface area is 144 Å². The van der Waals surface area contributed by atoms with Gasteiger partial charge in [0.05, 0.1) is 21.8 Å². The third-order valence-electron chi connectivity index (χ3n) is 3.06. The number of nitrogens with two attached hydrogens (primary N) is 1. The van der Waals surface area contributed by atoms with Crippen LogP contribution in [0.4, 0.5) is 24.5 Å². The number of halogens is 4. The van der Waals surface area contributed by atoms with Crippen molar-refractivity contribution < 1.29 is 17.9 Å². The van der Waals surface area contributed by atoms with Crippen LogP contribution >= 0.6 is 22.9 Å². The Hall–Kier alpha value is -2.19. The normalized spacial score (nSPS) is 11.7. The molecule has 9 heteroatoms. The molecule has 0 bridgehead atoms. The lowest BCUT2D eigenvalue weighted by atomic mass is 10.3. The van der Waals surface area contributed by atoms with Gasteiger partial charge in [-0.3, -0.25) is 0 Å². The Bertz CT molecular complexity index is 882. The smallest absolute Gasteiger partial charge is 0.404 e. The first-order valence-electron chi connectivity index (χ1n) is 6.74. The zero-order chi connectivity index (χ0) is 17.3. The number of nitrogens with one attached hydrogen (secondary N) is 1.